The Kier molecular flexibility index (Phi) is 6.24. The van der Waals surface area contributed by atoms with E-state index in [4.69, 9.17) is 4.99 Å². The van der Waals surface area contributed by atoms with Crippen molar-refractivity contribution in [2.24, 2.45) is 21.9 Å². The monoisotopic (exact) mass is 492 g/mol. The number of para-hydroxylation sites is 1. The van der Waals surface area contributed by atoms with Gasteiger partial charge in [-0.3, -0.25) is 15.3 Å². The van der Waals surface area contributed by atoms with Crippen molar-refractivity contribution in [3.05, 3.63) is 41.6 Å². The van der Waals surface area contributed by atoms with Crippen molar-refractivity contribution in [3.63, 3.8) is 0 Å². The third-order valence-electron chi connectivity index (χ3n) is 6.82. The third-order valence-corrected chi connectivity index (χ3v) is 7.76. The van der Waals surface area contributed by atoms with E-state index in [-0.39, 0.29) is 11.7 Å². The van der Waals surface area contributed by atoms with Gasteiger partial charge in [-0.05, 0) is 55.3 Å². The molecular weight excluding hydrogens is 465 g/mol. The van der Waals surface area contributed by atoms with Gasteiger partial charge in [-0.1, -0.05) is 18.2 Å². The van der Waals surface area contributed by atoms with Crippen LogP contribution in [-0.4, -0.2) is 60.6 Å². The summed E-state index contributed by atoms with van der Waals surface area (Å²) in [7, 11) is 0. The van der Waals surface area contributed by atoms with Crippen LogP contribution in [0.25, 0.3) is 0 Å². The summed E-state index contributed by atoms with van der Waals surface area (Å²) in [5.74, 6) is 1.25. The fraction of sp³-hybridized carbons (Fsp3) is 0.522. The van der Waals surface area contributed by atoms with Gasteiger partial charge in [-0.15, -0.1) is 13.2 Å². The number of halogens is 3. The Morgan fingerprint density at radius 3 is 2.71 bits per heavy atom. The molecule has 11 heteroatoms. The van der Waals surface area contributed by atoms with Gasteiger partial charge in [0.15, 0.2) is 0 Å². The summed E-state index contributed by atoms with van der Waals surface area (Å²) < 4.78 is 47.6. The maximum absolute atomic E-state index is 13.0. The largest absolute Gasteiger partial charge is 0.573 e. The fourth-order valence-corrected chi connectivity index (χ4v) is 6.00. The Balaban J connectivity index is 1.25. The molecule has 0 spiro atoms. The number of nitrogens with zero attached hydrogens (tertiary/aromatic N) is 5. The van der Waals surface area contributed by atoms with Crippen molar-refractivity contribution in [2.75, 3.05) is 31.2 Å². The number of ether oxygens (including phenoxy) is 1. The molecule has 0 amide bonds. The van der Waals surface area contributed by atoms with Crippen molar-refractivity contribution in [1.82, 2.24) is 14.7 Å². The van der Waals surface area contributed by atoms with Gasteiger partial charge in [0, 0.05) is 43.9 Å². The van der Waals surface area contributed by atoms with E-state index in [1.54, 1.807) is 28.7 Å². The number of rotatable bonds is 7. The zero-order valence-electron chi connectivity index (χ0n) is 18.8. The van der Waals surface area contributed by atoms with Gasteiger partial charge in [-0.25, -0.2) is 0 Å². The first-order valence-electron chi connectivity index (χ1n) is 11.4. The lowest BCUT2D eigenvalue weighted by atomic mass is 9.89. The second-order valence-corrected chi connectivity index (χ2v) is 9.77. The number of alkyl halides is 3. The first-order valence-corrected chi connectivity index (χ1v) is 12.2. The van der Waals surface area contributed by atoms with Gasteiger partial charge in [0.25, 0.3) is 0 Å². The van der Waals surface area contributed by atoms with Gasteiger partial charge in [0.2, 0.25) is 0 Å². The molecule has 2 aliphatic heterocycles. The van der Waals surface area contributed by atoms with Crippen molar-refractivity contribution in [3.8, 4) is 5.75 Å². The number of fused-ring (bicyclic) bond motifs is 1. The molecule has 3 unspecified atom stereocenters. The number of hydrogen-bond donors (Lipinski definition) is 1. The van der Waals surface area contributed by atoms with E-state index in [1.165, 1.54) is 17.1 Å². The van der Waals surface area contributed by atoms with Gasteiger partial charge in [0.1, 0.15) is 16.6 Å². The van der Waals surface area contributed by atoms with Crippen LogP contribution in [0.4, 0.5) is 18.2 Å². The summed E-state index contributed by atoms with van der Waals surface area (Å²) >= 11 is 1.54. The van der Waals surface area contributed by atoms with E-state index in [1.807, 2.05) is 6.92 Å². The van der Waals surface area contributed by atoms with Crippen LogP contribution >= 0.6 is 11.5 Å². The maximum Gasteiger partial charge on any atom is 0.573 e. The Hall–Kier alpha value is -2.66. The molecule has 1 aromatic carbocycles. The summed E-state index contributed by atoms with van der Waals surface area (Å²) in [5, 5.41) is 10.5. The summed E-state index contributed by atoms with van der Waals surface area (Å²) in [6, 6.07) is 8.81. The SMILES string of the molecule is C=NN1CCCC(c2ccccc2OC(F)(F)F)C1=NCNC1C2CN(c3cc(C)ns3)CC21. The lowest BCUT2D eigenvalue weighted by Gasteiger charge is -2.33. The highest BCUT2D eigenvalue weighted by Crippen LogP contribution is 2.47. The Bertz CT molecular complexity index is 1060. The Morgan fingerprint density at radius 2 is 2.03 bits per heavy atom. The molecular formula is C23H27F3N6OS. The Morgan fingerprint density at radius 1 is 1.26 bits per heavy atom. The molecule has 5 rings (SSSR count). The predicted molar refractivity (Wildman–Crippen MR) is 127 cm³/mol. The Labute approximate surface area is 200 Å². The van der Waals surface area contributed by atoms with Gasteiger partial charge >= 0.3 is 6.36 Å². The highest BCUT2D eigenvalue weighted by atomic mass is 32.1. The molecule has 3 aliphatic rings. The van der Waals surface area contributed by atoms with Crippen LogP contribution in [0, 0.1) is 18.8 Å². The molecule has 1 N–H and O–H groups in total. The van der Waals surface area contributed by atoms with E-state index in [0.717, 1.165) is 25.2 Å². The van der Waals surface area contributed by atoms with Crippen molar-refractivity contribution >= 4 is 29.1 Å². The number of nitrogens with one attached hydrogen (secondary N) is 1. The number of amidine groups is 1. The van der Waals surface area contributed by atoms with E-state index in [9.17, 15) is 13.2 Å². The maximum atomic E-state index is 13.0. The average Bonchev–Trinajstić information content (AvgIpc) is 3.13. The van der Waals surface area contributed by atoms with E-state index < -0.39 is 6.36 Å². The molecule has 0 bridgehead atoms. The van der Waals surface area contributed by atoms with Crippen LogP contribution in [0.2, 0.25) is 0 Å². The van der Waals surface area contributed by atoms with Gasteiger partial charge in [0.05, 0.1) is 12.4 Å². The molecule has 2 aromatic rings. The molecule has 1 saturated carbocycles. The molecule has 0 radical (unpaired) electrons. The smallest absolute Gasteiger partial charge is 0.405 e. The molecule has 3 heterocycles. The molecule has 34 heavy (non-hydrogen) atoms. The molecule has 1 aromatic heterocycles. The molecule has 7 nitrogen and oxygen atoms in total. The first-order chi connectivity index (χ1) is 16.3. The van der Waals surface area contributed by atoms with Crippen LogP contribution in [0.15, 0.2) is 40.4 Å². The van der Waals surface area contributed by atoms with Gasteiger partial charge < -0.3 is 9.64 Å². The summed E-state index contributed by atoms with van der Waals surface area (Å²) in [4.78, 5) is 7.15. The topological polar surface area (TPSA) is 65.3 Å². The zero-order chi connectivity index (χ0) is 23.9. The zero-order valence-corrected chi connectivity index (χ0v) is 19.6. The standard InChI is InChI=1S/C23H27F3N6OS/c1-14-10-20(34-30-14)31-11-17-18(12-31)21(17)28-13-29-22-16(7-5-9-32(22)27-2)15-6-3-4-8-19(15)33-23(24,25)26/h3-4,6,8,10,16-18,21,28H,2,5,7,9,11-13H2,1H3. The van der Waals surface area contributed by atoms with E-state index >= 15 is 0 Å². The van der Waals surface area contributed by atoms with Crippen molar-refractivity contribution in [2.45, 2.75) is 38.1 Å². The predicted octanol–water partition coefficient (Wildman–Crippen LogP) is 4.23. The number of aryl methyl sites for hydroxylation is 1. The second-order valence-electron chi connectivity index (χ2n) is 8.99. The van der Waals surface area contributed by atoms with Gasteiger partial charge in [-0.2, -0.15) is 9.47 Å². The average molecular weight is 493 g/mol. The van der Waals surface area contributed by atoms with Crippen LogP contribution in [0.3, 0.4) is 0 Å². The number of aliphatic imine (C=N–C) groups is 1. The van der Waals surface area contributed by atoms with Crippen LogP contribution in [0.5, 0.6) is 5.75 Å². The van der Waals surface area contributed by atoms with E-state index in [2.05, 4.69) is 37.2 Å². The second kappa shape index (κ2) is 9.18. The molecule has 182 valence electrons. The number of aromatic nitrogens is 1. The minimum atomic E-state index is -4.75. The fourth-order valence-electron chi connectivity index (χ4n) is 5.22. The van der Waals surface area contributed by atoms with Crippen molar-refractivity contribution in [1.29, 1.82) is 0 Å². The first kappa shape index (κ1) is 23.1. The molecule has 3 fully saturated rings. The summed E-state index contributed by atoms with van der Waals surface area (Å²) in [6.45, 7) is 8.68. The number of hydrogen-bond acceptors (Lipinski definition) is 7. The lowest BCUT2D eigenvalue weighted by Crippen LogP contribution is -2.38. The normalized spacial score (nSPS) is 27.7. The number of hydrazone groups is 1. The highest BCUT2D eigenvalue weighted by molar-refractivity contribution is 7.10. The van der Waals surface area contributed by atoms with Crippen LogP contribution in [0.1, 0.15) is 30.0 Å². The number of benzene rings is 1. The molecule has 2 saturated heterocycles. The minimum Gasteiger partial charge on any atom is -0.405 e. The lowest BCUT2D eigenvalue weighted by molar-refractivity contribution is -0.274. The molecule has 3 atom stereocenters. The quantitative estimate of drug-likeness (QED) is 0.587. The number of piperidine rings is 2. The van der Waals surface area contributed by atoms with E-state index in [0.29, 0.717) is 48.9 Å². The highest BCUT2D eigenvalue weighted by Gasteiger charge is 2.55. The number of anilines is 1. The summed E-state index contributed by atoms with van der Waals surface area (Å²) in [6.07, 6.45) is -3.31. The third kappa shape index (κ3) is 4.76. The summed E-state index contributed by atoms with van der Waals surface area (Å²) in [5.41, 5.74) is 1.52. The van der Waals surface area contributed by atoms with Crippen LogP contribution < -0.4 is 15.0 Å². The molecule has 1 aliphatic carbocycles. The van der Waals surface area contributed by atoms with Crippen LogP contribution in [-0.2, 0) is 0 Å². The minimum absolute atomic E-state index is 0.193. The van der Waals surface area contributed by atoms with Crippen molar-refractivity contribution < 1.29 is 17.9 Å².